The van der Waals surface area contributed by atoms with Gasteiger partial charge in [0.15, 0.2) is 11.5 Å². The first-order valence-corrected chi connectivity index (χ1v) is 3.39. The second kappa shape index (κ2) is 3.25. The number of nitrogens with two attached hydrogens (primary N) is 1. The highest BCUT2D eigenvalue weighted by molar-refractivity contribution is 5.40. The third-order valence-electron chi connectivity index (χ3n) is 1.45. The Morgan fingerprint density at radius 3 is 2.82 bits per heavy atom. The molecular formula is C8H11NO2. The maximum atomic E-state index is 9.08. The Kier molecular flexibility index (Phi) is 1.92. The van der Waals surface area contributed by atoms with Gasteiger partial charge in [-0.15, -0.1) is 0 Å². The number of phenols is 2. The Labute approximate surface area is 66.6 Å². The Morgan fingerprint density at radius 2 is 2.18 bits per heavy atom. The molecular weight excluding hydrogens is 142 g/mol. The van der Waals surface area contributed by atoms with Gasteiger partial charge in [0.1, 0.15) is 1.41 Å². The summed E-state index contributed by atoms with van der Waals surface area (Å²) in [5, 5.41) is 18.0. The average Bonchev–Trinajstić information content (AvgIpc) is 2.07. The highest BCUT2D eigenvalue weighted by Crippen LogP contribution is 2.24. The van der Waals surface area contributed by atoms with Gasteiger partial charge < -0.3 is 15.9 Å². The topological polar surface area (TPSA) is 66.5 Å². The summed E-state index contributed by atoms with van der Waals surface area (Å²) in [5.41, 5.74) is 3.15. The van der Waals surface area contributed by atoms with E-state index in [4.69, 9.17) is 11.6 Å². The first-order valence-electron chi connectivity index (χ1n) is 3.89. The van der Waals surface area contributed by atoms with Crippen LogP contribution in [0, 0.1) is 0 Å². The van der Waals surface area contributed by atoms with E-state index < -0.39 is 0 Å². The number of rotatable bonds is 3. The first kappa shape index (κ1) is 6.49. The zero-order valence-corrected chi connectivity index (χ0v) is 6.04. The monoisotopic (exact) mass is 155 g/mol. The summed E-state index contributed by atoms with van der Waals surface area (Å²) >= 11 is 0. The van der Waals surface area contributed by atoms with E-state index in [-0.39, 0.29) is 11.5 Å². The summed E-state index contributed by atoms with van der Waals surface area (Å²) in [7, 11) is 0. The third kappa shape index (κ3) is 1.85. The maximum Gasteiger partial charge on any atom is 0.157 e. The zero-order chi connectivity index (χ0) is 8.97. The maximum absolute atomic E-state index is 9.08. The van der Waals surface area contributed by atoms with Crippen molar-refractivity contribution in [3.63, 3.8) is 0 Å². The van der Waals surface area contributed by atoms with Crippen molar-refractivity contribution in [2.75, 3.05) is 6.54 Å². The van der Waals surface area contributed by atoms with Gasteiger partial charge in [0.2, 0.25) is 0 Å². The molecule has 0 aliphatic rings. The second-order valence-corrected chi connectivity index (χ2v) is 2.32. The van der Waals surface area contributed by atoms with Crippen LogP contribution in [0.4, 0.5) is 0 Å². The van der Waals surface area contributed by atoms with E-state index in [9.17, 15) is 0 Å². The largest absolute Gasteiger partial charge is 0.504 e. The van der Waals surface area contributed by atoms with Gasteiger partial charge >= 0.3 is 0 Å². The second-order valence-electron chi connectivity index (χ2n) is 2.32. The Bertz CT molecular complexity index is 265. The molecule has 3 heteroatoms. The van der Waals surface area contributed by atoms with Crippen LogP contribution in [0.1, 0.15) is 5.56 Å². The van der Waals surface area contributed by atoms with Crippen LogP contribution < -0.4 is 5.73 Å². The summed E-state index contributed by atoms with van der Waals surface area (Å²) in [6.45, 7) is 0.532. The van der Waals surface area contributed by atoms with E-state index in [1.807, 2.05) is 0 Å². The minimum atomic E-state index is -0.113. The van der Waals surface area contributed by atoms with Gasteiger partial charge in [-0.1, -0.05) is 6.07 Å². The summed E-state index contributed by atoms with van der Waals surface area (Å²) in [5.74, 6) is -0.227. The molecule has 0 aliphatic carbocycles. The molecule has 0 aliphatic heterocycles. The Balaban J connectivity index is 2.69. The van der Waals surface area contributed by atoms with Gasteiger partial charge in [0, 0.05) is 0 Å². The fraction of sp³-hybridized carbons (Fsp3) is 0.250. The molecule has 0 radical (unpaired) electrons. The SMILES string of the molecule is [3H]NCCc1ccc(O)c(O)c1. The van der Waals surface area contributed by atoms with Crippen LogP contribution in [0.2, 0.25) is 1.41 Å². The van der Waals surface area contributed by atoms with Gasteiger partial charge in [-0.05, 0) is 30.7 Å². The quantitative estimate of drug-likeness (QED) is 0.560. The minimum absolute atomic E-state index is 0.113. The molecule has 1 aromatic rings. The van der Waals surface area contributed by atoms with Crippen LogP contribution in [0.15, 0.2) is 18.2 Å². The third-order valence-corrected chi connectivity index (χ3v) is 1.45. The summed E-state index contributed by atoms with van der Waals surface area (Å²) in [6, 6.07) is 4.65. The summed E-state index contributed by atoms with van der Waals surface area (Å²) in [4.78, 5) is 0. The van der Waals surface area contributed by atoms with Gasteiger partial charge in [0.25, 0.3) is 0 Å². The molecule has 1 aromatic carbocycles. The molecule has 11 heavy (non-hydrogen) atoms. The number of benzene rings is 1. The lowest BCUT2D eigenvalue weighted by molar-refractivity contribution is 0.403. The fourth-order valence-electron chi connectivity index (χ4n) is 0.869. The highest BCUT2D eigenvalue weighted by Gasteiger charge is 1.98. The molecule has 0 atom stereocenters. The zero-order valence-electron chi connectivity index (χ0n) is 7.04. The van der Waals surface area contributed by atoms with E-state index in [0.29, 0.717) is 13.0 Å². The predicted molar refractivity (Wildman–Crippen MR) is 42.5 cm³/mol. The number of aromatic hydroxyl groups is 2. The first-order chi connectivity index (χ1) is 5.74. The van der Waals surface area contributed by atoms with E-state index in [2.05, 4.69) is 5.73 Å². The molecule has 0 bridgehead atoms. The van der Waals surface area contributed by atoms with Crippen molar-refractivity contribution in [2.24, 2.45) is 5.73 Å². The standard InChI is InChI=1S/C8H11NO2/c9-4-3-6-1-2-7(10)8(11)5-6/h1-2,5,10-11H,3-4,9H2/i/hT. The van der Waals surface area contributed by atoms with Crippen LogP contribution in [-0.4, -0.2) is 16.8 Å². The lowest BCUT2D eigenvalue weighted by atomic mass is 10.1. The fourth-order valence-corrected chi connectivity index (χ4v) is 0.869. The molecule has 1 rings (SSSR count). The van der Waals surface area contributed by atoms with E-state index >= 15 is 0 Å². The van der Waals surface area contributed by atoms with Crippen LogP contribution in [0.5, 0.6) is 11.5 Å². The summed E-state index contributed by atoms with van der Waals surface area (Å²) < 4.78 is 6.69. The molecule has 3 nitrogen and oxygen atoms in total. The van der Waals surface area contributed by atoms with Crippen LogP contribution in [-0.2, 0) is 6.42 Å². The molecule has 0 fully saturated rings. The summed E-state index contributed by atoms with van der Waals surface area (Å²) in [6.07, 6.45) is 0.664. The molecule has 0 aromatic heterocycles. The molecule has 4 N–H and O–H groups in total. The van der Waals surface area contributed by atoms with Crippen molar-refractivity contribution in [1.82, 2.24) is 0 Å². The lowest BCUT2D eigenvalue weighted by Crippen LogP contribution is -2.02. The van der Waals surface area contributed by atoms with Crippen molar-refractivity contribution in [1.29, 1.82) is 0 Å². The van der Waals surface area contributed by atoms with Gasteiger partial charge in [-0.3, -0.25) is 0 Å². The number of hydrogen-bond acceptors (Lipinski definition) is 3. The Hall–Kier alpha value is -1.22. The van der Waals surface area contributed by atoms with Crippen LogP contribution >= 0.6 is 0 Å². The van der Waals surface area contributed by atoms with Crippen molar-refractivity contribution >= 4 is 0 Å². The van der Waals surface area contributed by atoms with E-state index in [1.54, 1.807) is 6.07 Å². The van der Waals surface area contributed by atoms with Crippen molar-refractivity contribution in [3.05, 3.63) is 23.8 Å². The smallest absolute Gasteiger partial charge is 0.157 e. The van der Waals surface area contributed by atoms with Gasteiger partial charge in [0.05, 0.1) is 0 Å². The minimum Gasteiger partial charge on any atom is -0.504 e. The normalized spacial score (nSPS) is 11.1. The lowest BCUT2D eigenvalue weighted by Gasteiger charge is -2.00. The number of hydrogen-bond donors (Lipinski definition) is 3. The molecule has 0 saturated heterocycles. The molecule has 0 saturated carbocycles. The van der Waals surface area contributed by atoms with Crippen molar-refractivity contribution in [2.45, 2.75) is 6.42 Å². The molecule has 0 heterocycles. The van der Waals surface area contributed by atoms with Crippen molar-refractivity contribution < 1.29 is 11.6 Å². The van der Waals surface area contributed by atoms with Crippen LogP contribution in [0.25, 0.3) is 0 Å². The van der Waals surface area contributed by atoms with Gasteiger partial charge in [-0.25, -0.2) is 0 Å². The molecule has 0 unspecified atom stereocenters. The molecule has 60 valence electrons. The van der Waals surface area contributed by atoms with Gasteiger partial charge in [-0.2, -0.15) is 0 Å². The molecule has 0 spiro atoms. The Morgan fingerprint density at radius 1 is 1.36 bits per heavy atom. The highest BCUT2D eigenvalue weighted by atomic mass is 16.3. The van der Waals surface area contributed by atoms with Crippen LogP contribution in [0.3, 0.4) is 0 Å². The average molecular weight is 155 g/mol. The predicted octanol–water partition coefficient (Wildman–Crippen LogP) is 0.599. The van der Waals surface area contributed by atoms with E-state index in [1.165, 1.54) is 12.1 Å². The van der Waals surface area contributed by atoms with E-state index in [0.717, 1.165) is 5.56 Å². The number of phenolic OH excluding ortho intramolecular Hbond substituents is 2. The molecule has 0 amide bonds. The van der Waals surface area contributed by atoms with Crippen molar-refractivity contribution in [3.8, 4) is 11.5 Å².